The number of aromatic nitrogens is 2. The van der Waals surface area contributed by atoms with Crippen LogP contribution in [0.5, 0.6) is 0 Å². The van der Waals surface area contributed by atoms with Crippen LogP contribution in [0.4, 0.5) is 5.82 Å². The van der Waals surface area contributed by atoms with Gasteiger partial charge < -0.3 is 5.32 Å². The van der Waals surface area contributed by atoms with E-state index < -0.39 is 0 Å². The molecule has 5 heteroatoms. The summed E-state index contributed by atoms with van der Waals surface area (Å²) in [6.07, 6.45) is 0.992. The van der Waals surface area contributed by atoms with Crippen molar-refractivity contribution >= 4 is 39.0 Å². The van der Waals surface area contributed by atoms with Gasteiger partial charge in [-0.05, 0) is 36.6 Å². The van der Waals surface area contributed by atoms with E-state index in [1.54, 1.807) is 11.3 Å². The van der Waals surface area contributed by atoms with Crippen LogP contribution in [0.2, 0.25) is 5.28 Å². The largest absolute Gasteiger partial charge is 0.363 e. The van der Waals surface area contributed by atoms with Crippen LogP contribution in [0, 0.1) is 0 Å². The lowest BCUT2D eigenvalue weighted by molar-refractivity contribution is 0.876. The lowest BCUT2D eigenvalue weighted by atomic mass is 10.1. The third-order valence-corrected chi connectivity index (χ3v) is 4.76. The summed E-state index contributed by atoms with van der Waals surface area (Å²) in [5.41, 5.74) is 1.21. The van der Waals surface area contributed by atoms with Gasteiger partial charge in [0.2, 0.25) is 5.28 Å². The third kappa shape index (κ3) is 3.01. The Bertz CT molecular complexity index is 755. The number of aryl methyl sites for hydroxylation is 1. The molecule has 0 fully saturated rings. The van der Waals surface area contributed by atoms with Gasteiger partial charge in [-0.2, -0.15) is 0 Å². The number of halogens is 1. The molecule has 1 aromatic carbocycles. The summed E-state index contributed by atoms with van der Waals surface area (Å²) in [5, 5.41) is 4.78. The number of thiophene rings is 1. The van der Waals surface area contributed by atoms with E-state index >= 15 is 0 Å². The highest BCUT2D eigenvalue weighted by molar-refractivity contribution is 7.18. The molecule has 21 heavy (non-hydrogen) atoms. The molecule has 3 rings (SSSR count). The Balaban J connectivity index is 1.98. The Hall–Kier alpha value is -1.65. The fourth-order valence-electron chi connectivity index (χ4n) is 2.26. The van der Waals surface area contributed by atoms with E-state index in [1.165, 1.54) is 10.4 Å². The maximum Gasteiger partial charge on any atom is 0.225 e. The number of hydrogen-bond acceptors (Lipinski definition) is 4. The van der Waals surface area contributed by atoms with Crippen molar-refractivity contribution in [2.24, 2.45) is 0 Å². The quantitative estimate of drug-likeness (QED) is 0.682. The maximum atomic E-state index is 6.05. The summed E-state index contributed by atoms with van der Waals surface area (Å²) < 4.78 is 0. The minimum absolute atomic E-state index is 0.158. The average molecular weight is 318 g/mol. The standard InChI is InChI=1S/C16H16ClN3S/c1-3-12-9-13-14(19-16(17)20-15(13)21-12)18-10(2)11-7-5-4-6-8-11/h4-10H,3H2,1-2H3,(H,18,19,20). The molecule has 0 radical (unpaired) electrons. The van der Waals surface area contributed by atoms with Crippen LogP contribution in [-0.4, -0.2) is 9.97 Å². The molecule has 1 unspecified atom stereocenters. The van der Waals surface area contributed by atoms with Gasteiger partial charge in [0.05, 0.1) is 5.39 Å². The van der Waals surface area contributed by atoms with Crippen LogP contribution in [0.25, 0.3) is 10.2 Å². The summed E-state index contributed by atoms with van der Waals surface area (Å²) in [4.78, 5) is 10.9. The number of rotatable bonds is 4. The van der Waals surface area contributed by atoms with Crippen molar-refractivity contribution < 1.29 is 0 Å². The molecule has 2 aromatic heterocycles. The van der Waals surface area contributed by atoms with Crippen molar-refractivity contribution in [2.75, 3.05) is 5.32 Å². The van der Waals surface area contributed by atoms with Crippen LogP contribution in [-0.2, 0) is 6.42 Å². The van der Waals surface area contributed by atoms with Gasteiger partial charge >= 0.3 is 0 Å². The topological polar surface area (TPSA) is 37.8 Å². The Morgan fingerprint density at radius 1 is 1.24 bits per heavy atom. The number of nitrogens with one attached hydrogen (secondary N) is 1. The van der Waals surface area contributed by atoms with Gasteiger partial charge in [0.1, 0.15) is 10.6 Å². The zero-order valence-corrected chi connectivity index (χ0v) is 13.5. The molecule has 1 atom stereocenters. The molecule has 0 aliphatic rings. The number of hydrogen-bond donors (Lipinski definition) is 1. The first kappa shape index (κ1) is 14.3. The molecule has 1 N–H and O–H groups in total. The molecule has 0 aliphatic carbocycles. The third-order valence-electron chi connectivity index (χ3n) is 3.42. The highest BCUT2D eigenvalue weighted by Gasteiger charge is 2.13. The predicted molar refractivity (Wildman–Crippen MR) is 90.3 cm³/mol. The van der Waals surface area contributed by atoms with E-state index in [0.717, 1.165) is 22.5 Å². The average Bonchev–Trinajstić information content (AvgIpc) is 2.91. The minimum Gasteiger partial charge on any atom is -0.363 e. The SMILES string of the molecule is CCc1cc2c(NC(C)c3ccccc3)nc(Cl)nc2s1. The van der Waals surface area contributed by atoms with Gasteiger partial charge in [0, 0.05) is 10.9 Å². The minimum atomic E-state index is 0.158. The second-order valence-corrected chi connectivity index (χ2v) is 6.36. The lowest BCUT2D eigenvalue weighted by Crippen LogP contribution is -2.08. The number of anilines is 1. The van der Waals surface area contributed by atoms with Crippen LogP contribution >= 0.6 is 22.9 Å². The Morgan fingerprint density at radius 3 is 2.71 bits per heavy atom. The second kappa shape index (κ2) is 6.00. The van der Waals surface area contributed by atoms with E-state index in [0.29, 0.717) is 0 Å². The van der Waals surface area contributed by atoms with E-state index in [4.69, 9.17) is 11.6 Å². The Kier molecular flexibility index (Phi) is 4.08. The second-order valence-electron chi connectivity index (χ2n) is 4.90. The smallest absolute Gasteiger partial charge is 0.225 e. The highest BCUT2D eigenvalue weighted by atomic mass is 35.5. The monoisotopic (exact) mass is 317 g/mol. The van der Waals surface area contributed by atoms with Crippen molar-refractivity contribution in [3.63, 3.8) is 0 Å². The van der Waals surface area contributed by atoms with E-state index in [1.807, 2.05) is 18.2 Å². The Morgan fingerprint density at radius 2 is 2.00 bits per heavy atom. The summed E-state index contributed by atoms with van der Waals surface area (Å²) >= 11 is 7.72. The molecular weight excluding hydrogens is 302 g/mol. The normalized spacial score (nSPS) is 12.5. The first-order chi connectivity index (χ1) is 10.2. The molecule has 0 bridgehead atoms. The van der Waals surface area contributed by atoms with Crippen LogP contribution < -0.4 is 5.32 Å². The fraction of sp³-hybridized carbons (Fsp3) is 0.250. The molecule has 108 valence electrons. The molecule has 0 amide bonds. The first-order valence-corrected chi connectivity index (χ1v) is 8.14. The van der Waals surface area contributed by atoms with Gasteiger partial charge in [0.25, 0.3) is 0 Å². The number of nitrogens with zero attached hydrogens (tertiary/aromatic N) is 2. The number of benzene rings is 1. The van der Waals surface area contributed by atoms with Crippen molar-refractivity contribution in [2.45, 2.75) is 26.3 Å². The predicted octanol–water partition coefficient (Wildman–Crippen LogP) is 5.08. The van der Waals surface area contributed by atoms with E-state index in [9.17, 15) is 0 Å². The van der Waals surface area contributed by atoms with Gasteiger partial charge in [-0.25, -0.2) is 9.97 Å². The maximum absolute atomic E-state index is 6.05. The molecule has 2 heterocycles. The zero-order chi connectivity index (χ0) is 14.8. The van der Waals surface area contributed by atoms with Crippen LogP contribution in [0.15, 0.2) is 36.4 Å². The van der Waals surface area contributed by atoms with Crippen molar-refractivity contribution in [3.05, 3.63) is 52.1 Å². The number of fused-ring (bicyclic) bond motifs is 1. The zero-order valence-electron chi connectivity index (χ0n) is 11.9. The van der Waals surface area contributed by atoms with Gasteiger partial charge in [0.15, 0.2) is 0 Å². The molecule has 0 saturated carbocycles. The van der Waals surface area contributed by atoms with Crippen molar-refractivity contribution in [1.82, 2.24) is 9.97 Å². The molecular formula is C16H16ClN3S. The summed E-state index contributed by atoms with van der Waals surface area (Å²) in [6, 6.07) is 12.6. The Labute approximate surface area is 133 Å². The summed E-state index contributed by atoms with van der Waals surface area (Å²) in [5.74, 6) is 0.803. The molecule has 3 aromatic rings. The van der Waals surface area contributed by atoms with E-state index in [2.05, 4.69) is 47.3 Å². The van der Waals surface area contributed by atoms with Crippen molar-refractivity contribution in [3.8, 4) is 0 Å². The fourth-order valence-corrected chi connectivity index (χ4v) is 3.45. The highest BCUT2D eigenvalue weighted by Crippen LogP contribution is 2.32. The first-order valence-electron chi connectivity index (χ1n) is 6.95. The summed E-state index contributed by atoms with van der Waals surface area (Å²) in [6.45, 7) is 4.25. The van der Waals surface area contributed by atoms with Crippen LogP contribution in [0.3, 0.4) is 0 Å². The summed E-state index contributed by atoms with van der Waals surface area (Å²) in [7, 11) is 0. The van der Waals surface area contributed by atoms with Gasteiger partial charge in [-0.1, -0.05) is 37.3 Å². The molecule has 0 saturated heterocycles. The van der Waals surface area contributed by atoms with Gasteiger partial charge in [-0.15, -0.1) is 11.3 Å². The van der Waals surface area contributed by atoms with Crippen LogP contribution in [0.1, 0.15) is 30.3 Å². The van der Waals surface area contributed by atoms with Gasteiger partial charge in [-0.3, -0.25) is 0 Å². The lowest BCUT2D eigenvalue weighted by Gasteiger charge is -2.15. The molecule has 0 aliphatic heterocycles. The molecule has 3 nitrogen and oxygen atoms in total. The molecule has 0 spiro atoms. The van der Waals surface area contributed by atoms with E-state index in [-0.39, 0.29) is 11.3 Å². The van der Waals surface area contributed by atoms with Crippen molar-refractivity contribution in [1.29, 1.82) is 0 Å².